The molecule has 0 saturated heterocycles. The quantitative estimate of drug-likeness (QED) is 0.581. The largest absolute Gasteiger partial charge is 0.433 e. The summed E-state index contributed by atoms with van der Waals surface area (Å²) in [5.74, 6) is 0. The molecule has 2 heterocycles. The Morgan fingerprint density at radius 1 is 0.952 bits per heavy atom. The van der Waals surface area contributed by atoms with E-state index in [1.54, 1.807) is 0 Å². The van der Waals surface area contributed by atoms with Crippen molar-refractivity contribution in [1.82, 2.24) is 15.0 Å². The van der Waals surface area contributed by atoms with Gasteiger partial charge in [0.05, 0.1) is 11.3 Å². The first-order chi connectivity index (χ1) is 9.59. The van der Waals surface area contributed by atoms with Crippen LogP contribution >= 0.6 is 11.6 Å². The number of hydrogen-bond donors (Lipinski definition) is 0. The van der Waals surface area contributed by atoms with E-state index in [9.17, 15) is 26.3 Å². The average Bonchev–Trinajstić information content (AvgIpc) is 2.36. The SMILES string of the molecule is FC(F)(F)c1cc(-c2cnccc2C(F)(F)F)nc(Cl)n1. The van der Waals surface area contributed by atoms with Crippen molar-refractivity contribution in [1.29, 1.82) is 0 Å². The van der Waals surface area contributed by atoms with Gasteiger partial charge in [-0.25, -0.2) is 9.97 Å². The first-order valence-corrected chi connectivity index (χ1v) is 5.60. The van der Waals surface area contributed by atoms with Gasteiger partial charge in [0.15, 0.2) is 0 Å². The van der Waals surface area contributed by atoms with Gasteiger partial charge < -0.3 is 0 Å². The van der Waals surface area contributed by atoms with Crippen LogP contribution in [0.3, 0.4) is 0 Å². The van der Waals surface area contributed by atoms with Gasteiger partial charge in [-0.05, 0) is 23.7 Å². The maximum atomic E-state index is 12.8. The highest BCUT2D eigenvalue weighted by molar-refractivity contribution is 6.28. The normalized spacial score (nSPS) is 12.5. The minimum Gasteiger partial charge on any atom is -0.264 e. The van der Waals surface area contributed by atoms with Gasteiger partial charge in [0.1, 0.15) is 5.69 Å². The van der Waals surface area contributed by atoms with Crippen molar-refractivity contribution in [2.24, 2.45) is 0 Å². The Morgan fingerprint density at radius 2 is 1.62 bits per heavy atom. The Morgan fingerprint density at radius 3 is 2.19 bits per heavy atom. The van der Waals surface area contributed by atoms with Crippen LogP contribution < -0.4 is 0 Å². The summed E-state index contributed by atoms with van der Waals surface area (Å²) >= 11 is 5.35. The molecule has 10 heteroatoms. The summed E-state index contributed by atoms with van der Waals surface area (Å²) in [6, 6.07) is 1.02. The lowest BCUT2D eigenvalue weighted by atomic mass is 10.1. The molecular formula is C11H4ClF6N3. The Bertz CT molecular complexity index is 668. The molecule has 2 aromatic rings. The third-order valence-corrected chi connectivity index (χ3v) is 2.56. The molecule has 0 radical (unpaired) electrons. The van der Waals surface area contributed by atoms with Crippen LogP contribution in [0.5, 0.6) is 0 Å². The maximum absolute atomic E-state index is 12.8. The minimum atomic E-state index is -4.86. The molecule has 0 aliphatic carbocycles. The molecule has 0 fully saturated rings. The lowest BCUT2D eigenvalue weighted by Gasteiger charge is -2.13. The summed E-state index contributed by atoms with van der Waals surface area (Å²) in [7, 11) is 0. The van der Waals surface area contributed by atoms with E-state index in [1.165, 1.54) is 0 Å². The molecule has 0 amide bonds. The van der Waals surface area contributed by atoms with Gasteiger partial charge in [-0.2, -0.15) is 26.3 Å². The molecule has 112 valence electrons. The van der Waals surface area contributed by atoms with Crippen LogP contribution in [-0.4, -0.2) is 15.0 Å². The van der Waals surface area contributed by atoms with Crippen LogP contribution in [0.4, 0.5) is 26.3 Å². The van der Waals surface area contributed by atoms with Crippen LogP contribution in [0.25, 0.3) is 11.3 Å². The molecule has 0 atom stereocenters. The first-order valence-electron chi connectivity index (χ1n) is 5.22. The first kappa shape index (κ1) is 15.5. The van der Waals surface area contributed by atoms with Gasteiger partial charge in [0.2, 0.25) is 5.28 Å². The summed E-state index contributed by atoms with van der Waals surface area (Å²) in [6.07, 6.45) is -7.99. The van der Waals surface area contributed by atoms with Gasteiger partial charge in [0.25, 0.3) is 0 Å². The van der Waals surface area contributed by atoms with Crippen molar-refractivity contribution in [2.75, 3.05) is 0 Å². The van der Waals surface area contributed by atoms with Gasteiger partial charge in [-0.3, -0.25) is 4.98 Å². The van der Waals surface area contributed by atoms with Crippen molar-refractivity contribution in [3.8, 4) is 11.3 Å². The van der Waals surface area contributed by atoms with Crippen LogP contribution in [0.2, 0.25) is 5.28 Å². The Kier molecular flexibility index (Phi) is 3.79. The fourth-order valence-corrected chi connectivity index (χ4v) is 1.73. The molecule has 0 unspecified atom stereocenters. The lowest BCUT2D eigenvalue weighted by molar-refractivity contribution is -0.141. The zero-order valence-electron chi connectivity index (χ0n) is 9.80. The fraction of sp³-hybridized carbons (Fsp3) is 0.182. The van der Waals surface area contributed by atoms with Crippen molar-refractivity contribution >= 4 is 11.6 Å². The molecule has 0 saturated carbocycles. The highest BCUT2D eigenvalue weighted by atomic mass is 35.5. The molecule has 0 spiro atoms. The van der Waals surface area contributed by atoms with E-state index in [-0.39, 0.29) is 0 Å². The van der Waals surface area contributed by atoms with E-state index in [4.69, 9.17) is 11.6 Å². The number of pyridine rings is 1. The second-order valence-corrected chi connectivity index (χ2v) is 4.16. The third kappa shape index (κ3) is 3.41. The molecule has 3 nitrogen and oxygen atoms in total. The zero-order chi connectivity index (χ0) is 15.8. The highest BCUT2D eigenvalue weighted by Gasteiger charge is 2.36. The minimum absolute atomic E-state index is 0.387. The molecule has 21 heavy (non-hydrogen) atoms. The number of nitrogens with zero attached hydrogens (tertiary/aromatic N) is 3. The number of aromatic nitrogens is 3. The fourth-order valence-electron chi connectivity index (χ4n) is 1.55. The van der Waals surface area contributed by atoms with Gasteiger partial charge >= 0.3 is 12.4 Å². The molecular weight excluding hydrogens is 324 g/mol. The lowest BCUT2D eigenvalue weighted by Crippen LogP contribution is -2.11. The third-order valence-electron chi connectivity index (χ3n) is 2.39. The number of alkyl halides is 6. The monoisotopic (exact) mass is 327 g/mol. The van der Waals surface area contributed by atoms with E-state index in [1.807, 2.05) is 0 Å². The molecule has 0 aliphatic rings. The maximum Gasteiger partial charge on any atom is 0.433 e. The Labute approximate surface area is 118 Å². The van der Waals surface area contributed by atoms with Crippen LogP contribution in [-0.2, 0) is 12.4 Å². The number of rotatable bonds is 1. The average molecular weight is 328 g/mol. The van der Waals surface area contributed by atoms with Crippen molar-refractivity contribution < 1.29 is 26.3 Å². The van der Waals surface area contributed by atoms with Crippen LogP contribution in [0, 0.1) is 0 Å². The highest BCUT2D eigenvalue weighted by Crippen LogP contribution is 2.37. The van der Waals surface area contributed by atoms with Crippen molar-refractivity contribution in [3.05, 3.63) is 41.1 Å². The molecule has 2 aromatic heterocycles. The van der Waals surface area contributed by atoms with E-state index in [0.29, 0.717) is 12.1 Å². The second-order valence-electron chi connectivity index (χ2n) is 3.82. The second kappa shape index (κ2) is 5.14. The van der Waals surface area contributed by atoms with Crippen molar-refractivity contribution in [3.63, 3.8) is 0 Å². The smallest absolute Gasteiger partial charge is 0.264 e. The summed E-state index contributed by atoms with van der Waals surface area (Å²) < 4.78 is 76.4. The number of halogens is 7. The molecule has 0 N–H and O–H groups in total. The predicted molar refractivity (Wildman–Crippen MR) is 60.3 cm³/mol. The predicted octanol–water partition coefficient (Wildman–Crippen LogP) is 4.23. The summed E-state index contributed by atoms with van der Waals surface area (Å²) in [5.41, 5.74) is -3.82. The topological polar surface area (TPSA) is 38.7 Å². The molecule has 0 aliphatic heterocycles. The summed E-state index contributed by atoms with van der Waals surface area (Å²) in [5, 5.41) is -0.809. The van der Waals surface area contributed by atoms with Crippen molar-refractivity contribution in [2.45, 2.75) is 12.4 Å². The molecule has 0 aromatic carbocycles. The Hall–Kier alpha value is -1.90. The summed E-state index contributed by atoms with van der Waals surface area (Å²) in [4.78, 5) is 9.83. The standard InChI is InChI=1S/C11H4ClF6N3/c12-9-20-7(3-8(21-9)11(16,17)18)5-4-19-2-1-6(5)10(13,14)15/h1-4H. The van der Waals surface area contributed by atoms with E-state index in [2.05, 4.69) is 15.0 Å². The molecule has 2 rings (SSSR count). The van der Waals surface area contributed by atoms with Crippen LogP contribution in [0.15, 0.2) is 24.5 Å². The van der Waals surface area contributed by atoms with E-state index in [0.717, 1.165) is 12.4 Å². The van der Waals surface area contributed by atoms with Gasteiger partial charge in [-0.1, -0.05) is 0 Å². The summed E-state index contributed by atoms with van der Waals surface area (Å²) in [6.45, 7) is 0. The van der Waals surface area contributed by atoms with Gasteiger partial charge in [-0.15, -0.1) is 0 Å². The zero-order valence-corrected chi connectivity index (χ0v) is 10.6. The van der Waals surface area contributed by atoms with Crippen LogP contribution in [0.1, 0.15) is 11.3 Å². The van der Waals surface area contributed by atoms with E-state index < -0.39 is 40.2 Å². The van der Waals surface area contributed by atoms with E-state index >= 15 is 0 Å². The Balaban J connectivity index is 2.66. The number of hydrogen-bond acceptors (Lipinski definition) is 3. The van der Waals surface area contributed by atoms with Gasteiger partial charge in [0, 0.05) is 18.0 Å². The molecule has 0 bridgehead atoms.